The summed E-state index contributed by atoms with van der Waals surface area (Å²) in [6.45, 7) is 4.14. The van der Waals surface area contributed by atoms with Crippen molar-refractivity contribution in [2.45, 2.75) is 20.3 Å². The largest absolute Gasteiger partial charge is 0.298 e. The van der Waals surface area contributed by atoms with Gasteiger partial charge >= 0.3 is 0 Å². The van der Waals surface area contributed by atoms with Crippen LogP contribution in [0.1, 0.15) is 20.3 Å². The summed E-state index contributed by atoms with van der Waals surface area (Å²) >= 11 is 8.63. The van der Waals surface area contributed by atoms with Crippen LogP contribution in [0.15, 0.2) is 0 Å². The number of thiol groups is 1. The normalized spacial score (nSPS) is 9.10. The van der Waals surface area contributed by atoms with Crippen molar-refractivity contribution >= 4 is 35.1 Å². The Balaban J connectivity index is 3.98. The van der Waals surface area contributed by atoms with Crippen LogP contribution in [0.3, 0.4) is 0 Å². The minimum atomic E-state index is -0.0400. The van der Waals surface area contributed by atoms with Gasteiger partial charge in [-0.15, -0.1) is 12.6 Å². The number of hydrogen-bond acceptors (Lipinski definition) is 2. The molecule has 0 atom stereocenters. The molecule has 0 unspecified atom stereocenters. The van der Waals surface area contributed by atoms with Gasteiger partial charge in [-0.3, -0.25) is 9.69 Å². The molecule has 0 saturated heterocycles. The summed E-state index contributed by atoms with van der Waals surface area (Å²) in [6.07, 6.45) is 0.903. The van der Waals surface area contributed by atoms with Crippen molar-refractivity contribution in [3.05, 3.63) is 0 Å². The molecule has 0 spiro atoms. The summed E-state index contributed by atoms with van der Waals surface area (Å²) < 4.78 is 0.356. The first-order valence-corrected chi connectivity index (χ1v) is 3.96. The molecule has 0 aliphatic carbocycles. The first kappa shape index (κ1) is 9.91. The molecule has 1 amide bonds. The molecule has 0 N–H and O–H groups in total. The second kappa shape index (κ2) is 4.68. The fourth-order valence-electron chi connectivity index (χ4n) is 0.611. The summed E-state index contributed by atoms with van der Waals surface area (Å²) in [5.41, 5.74) is 0. The first-order valence-electron chi connectivity index (χ1n) is 3.10. The SMILES string of the molecule is CCCN(C(C)=O)C(=S)S. The summed E-state index contributed by atoms with van der Waals surface area (Å²) in [7, 11) is 0. The van der Waals surface area contributed by atoms with E-state index in [1.165, 1.54) is 11.8 Å². The number of thiocarbonyl (C=S) groups is 1. The van der Waals surface area contributed by atoms with Gasteiger partial charge in [0.05, 0.1) is 0 Å². The van der Waals surface area contributed by atoms with E-state index in [1.54, 1.807) is 0 Å². The summed E-state index contributed by atoms with van der Waals surface area (Å²) in [5, 5.41) is 0. The zero-order valence-electron chi connectivity index (χ0n) is 6.13. The van der Waals surface area contributed by atoms with Crippen LogP contribution >= 0.6 is 24.8 Å². The second-order valence-electron chi connectivity index (χ2n) is 1.95. The molecule has 0 aliphatic rings. The van der Waals surface area contributed by atoms with Crippen LogP contribution in [-0.2, 0) is 4.79 Å². The quantitative estimate of drug-likeness (QED) is 0.509. The van der Waals surface area contributed by atoms with Crippen molar-refractivity contribution in [2.24, 2.45) is 0 Å². The lowest BCUT2D eigenvalue weighted by atomic mass is 10.4. The lowest BCUT2D eigenvalue weighted by molar-refractivity contribution is -0.124. The number of carbonyl (C=O) groups is 1. The highest BCUT2D eigenvalue weighted by atomic mass is 32.1. The van der Waals surface area contributed by atoms with Gasteiger partial charge in [-0.1, -0.05) is 19.1 Å². The average Bonchev–Trinajstić information content (AvgIpc) is 1.81. The van der Waals surface area contributed by atoms with Crippen LogP contribution in [-0.4, -0.2) is 21.7 Å². The number of carbonyl (C=O) groups excluding carboxylic acids is 1. The summed E-state index contributed by atoms with van der Waals surface area (Å²) in [6, 6.07) is 0. The van der Waals surface area contributed by atoms with E-state index < -0.39 is 0 Å². The molecule has 0 aromatic heterocycles. The molecule has 0 saturated carbocycles. The van der Waals surface area contributed by atoms with Crippen molar-refractivity contribution < 1.29 is 4.79 Å². The van der Waals surface area contributed by atoms with Crippen molar-refractivity contribution in [2.75, 3.05) is 6.54 Å². The number of amides is 1. The van der Waals surface area contributed by atoms with Gasteiger partial charge in [0.15, 0.2) is 0 Å². The van der Waals surface area contributed by atoms with E-state index >= 15 is 0 Å². The maximum Gasteiger partial charge on any atom is 0.224 e. The van der Waals surface area contributed by atoms with Crippen LogP contribution in [0, 0.1) is 0 Å². The monoisotopic (exact) mass is 177 g/mol. The maximum atomic E-state index is 10.8. The average molecular weight is 177 g/mol. The van der Waals surface area contributed by atoms with Gasteiger partial charge in [0.2, 0.25) is 5.91 Å². The molecule has 0 radical (unpaired) electrons. The van der Waals surface area contributed by atoms with E-state index in [2.05, 4.69) is 12.6 Å². The van der Waals surface area contributed by atoms with Crippen LogP contribution in [0.5, 0.6) is 0 Å². The van der Waals surface area contributed by atoms with Gasteiger partial charge in [-0.05, 0) is 6.42 Å². The van der Waals surface area contributed by atoms with Crippen LogP contribution in [0.2, 0.25) is 0 Å². The Kier molecular flexibility index (Phi) is 4.64. The van der Waals surface area contributed by atoms with Crippen molar-refractivity contribution in [1.82, 2.24) is 4.90 Å². The Bertz CT molecular complexity index is 133. The van der Waals surface area contributed by atoms with Crippen LogP contribution < -0.4 is 0 Å². The number of nitrogens with zero attached hydrogens (tertiary/aromatic N) is 1. The molecule has 10 heavy (non-hydrogen) atoms. The van der Waals surface area contributed by atoms with Gasteiger partial charge in [-0.25, -0.2) is 0 Å². The standard InChI is InChI=1S/C6H11NOS2/c1-3-4-7(5(2)8)6(9)10/h3-4H2,1-2H3,(H,9,10). The third kappa shape index (κ3) is 3.17. The minimum Gasteiger partial charge on any atom is -0.298 e. The minimum absolute atomic E-state index is 0.0400. The Morgan fingerprint density at radius 3 is 2.30 bits per heavy atom. The number of hydrogen-bond donors (Lipinski definition) is 1. The van der Waals surface area contributed by atoms with Gasteiger partial charge in [0.1, 0.15) is 4.32 Å². The molecule has 0 bridgehead atoms. The molecule has 0 aromatic carbocycles. The molecule has 0 aromatic rings. The summed E-state index contributed by atoms with van der Waals surface area (Å²) in [4.78, 5) is 12.2. The highest BCUT2D eigenvalue weighted by Crippen LogP contribution is 1.98. The zero-order chi connectivity index (χ0) is 8.15. The summed E-state index contributed by atoms with van der Waals surface area (Å²) in [5.74, 6) is -0.0400. The Morgan fingerprint density at radius 2 is 2.20 bits per heavy atom. The van der Waals surface area contributed by atoms with E-state index in [-0.39, 0.29) is 5.91 Å². The van der Waals surface area contributed by atoms with Gasteiger partial charge in [0.25, 0.3) is 0 Å². The lowest BCUT2D eigenvalue weighted by Gasteiger charge is -2.16. The first-order chi connectivity index (χ1) is 4.59. The molecule has 0 rings (SSSR count). The molecular weight excluding hydrogens is 166 g/mol. The third-order valence-corrected chi connectivity index (χ3v) is 1.52. The molecule has 2 nitrogen and oxygen atoms in total. The van der Waals surface area contributed by atoms with Crippen molar-refractivity contribution in [3.63, 3.8) is 0 Å². The molecule has 0 aliphatic heterocycles. The Labute approximate surface area is 72.0 Å². The topological polar surface area (TPSA) is 20.3 Å². The van der Waals surface area contributed by atoms with Crippen molar-refractivity contribution in [3.8, 4) is 0 Å². The van der Waals surface area contributed by atoms with E-state index in [0.29, 0.717) is 10.9 Å². The number of rotatable bonds is 2. The van der Waals surface area contributed by atoms with Crippen LogP contribution in [0.25, 0.3) is 0 Å². The Morgan fingerprint density at radius 1 is 1.70 bits per heavy atom. The lowest BCUT2D eigenvalue weighted by Crippen LogP contribution is -2.31. The molecular formula is C6H11NOS2. The third-order valence-electron chi connectivity index (χ3n) is 1.06. The van der Waals surface area contributed by atoms with E-state index in [9.17, 15) is 4.79 Å². The van der Waals surface area contributed by atoms with Gasteiger partial charge in [-0.2, -0.15) is 0 Å². The molecule has 4 heteroatoms. The van der Waals surface area contributed by atoms with Gasteiger partial charge in [0, 0.05) is 13.5 Å². The van der Waals surface area contributed by atoms with E-state index in [0.717, 1.165) is 6.42 Å². The van der Waals surface area contributed by atoms with Crippen LogP contribution in [0.4, 0.5) is 0 Å². The predicted octanol–water partition coefficient (Wildman–Crippen LogP) is 1.46. The molecule has 0 heterocycles. The van der Waals surface area contributed by atoms with E-state index in [1.807, 2.05) is 6.92 Å². The molecule has 0 fully saturated rings. The van der Waals surface area contributed by atoms with E-state index in [4.69, 9.17) is 12.2 Å². The predicted molar refractivity (Wildman–Crippen MR) is 49.3 cm³/mol. The smallest absolute Gasteiger partial charge is 0.224 e. The van der Waals surface area contributed by atoms with Crippen molar-refractivity contribution in [1.29, 1.82) is 0 Å². The Hall–Kier alpha value is -0.0900. The zero-order valence-corrected chi connectivity index (χ0v) is 7.84. The fourth-order valence-corrected chi connectivity index (χ4v) is 1.07. The fraction of sp³-hybridized carbons (Fsp3) is 0.667. The highest BCUT2D eigenvalue weighted by Gasteiger charge is 2.08. The highest BCUT2D eigenvalue weighted by molar-refractivity contribution is 8.11. The van der Waals surface area contributed by atoms with Gasteiger partial charge < -0.3 is 0 Å². The second-order valence-corrected chi connectivity index (χ2v) is 3.07. The molecule has 58 valence electrons. The maximum absolute atomic E-state index is 10.8.